The maximum atomic E-state index is 13.4. The van der Waals surface area contributed by atoms with Crippen LogP contribution in [0.1, 0.15) is 92.9 Å². The van der Waals surface area contributed by atoms with E-state index in [4.69, 9.17) is 14.2 Å². The van der Waals surface area contributed by atoms with Crippen LogP contribution in [0.15, 0.2) is 72.8 Å². The summed E-state index contributed by atoms with van der Waals surface area (Å²) in [6, 6.07) is 24.8. The molecule has 8 heteroatoms. The van der Waals surface area contributed by atoms with Crippen molar-refractivity contribution in [3.05, 3.63) is 95.1 Å². The molecule has 4 aliphatic carbocycles. The van der Waals surface area contributed by atoms with E-state index < -0.39 is 29.1 Å². The molecule has 0 aromatic heterocycles. The zero-order valence-electron chi connectivity index (χ0n) is 28.5. The topological polar surface area (TPSA) is 102 Å². The molecule has 260 valence electrons. The Kier molecular flexibility index (Phi) is 7.70. The first-order valence-corrected chi connectivity index (χ1v) is 18.6. The molecule has 3 aromatic rings. The van der Waals surface area contributed by atoms with E-state index in [2.05, 4.69) is 53.4 Å². The van der Waals surface area contributed by atoms with Gasteiger partial charge in [-0.3, -0.25) is 19.3 Å². The third-order valence-corrected chi connectivity index (χ3v) is 13.0. The van der Waals surface area contributed by atoms with E-state index in [1.165, 1.54) is 24.0 Å². The van der Waals surface area contributed by atoms with Crippen LogP contribution in [-0.4, -0.2) is 64.7 Å². The summed E-state index contributed by atoms with van der Waals surface area (Å²) in [5.41, 5.74) is 2.43. The lowest BCUT2D eigenvalue weighted by Crippen LogP contribution is -2.76. The molecule has 1 N–H and O–H groups in total. The van der Waals surface area contributed by atoms with Crippen LogP contribution in [0.25, 0.3) is 0 Å². The Labute approximate surface area is 293 Å². The van der Waals surface area contributed by atoms with Crippen molar-refractivity contribution in [1.29, 1.82) is 0 Å². The molecule has 0 amide bonds. The highest BCUT2D eigenvalue weighted by Crippen LogP contribution is 2.65. The fourth-order valence-electron chi connectivity index (χ4n) is 10.4. The van der Waals surface area contributed by atoms with Gasteiger partial charge in [0.2, 0.25) is 0 Å². The normalized spacial score (nSPS) is 29.5. The molecular formula is C42H45NO7. The molecule has 1 spiro atoms. The summed E-state index contributed by atoms with van der Waals surface area (Å²) in [6.07, 6.45) is 6.50. The second-order valence-corrected chi connectivity index (χ2v) is 15.7. The lowest BCUT2D eigenvalue weighted by molar-refractivity contribution is -0.188. The van der Waals surface area contributed by atoms with Gasteiger partial charge in [-0.2, -0.15) is 0 Å². The highest BCUT2D eigenvalue weighted by molar-refractivity contribution is 5.90. The molecule has 8 nitrogen and oxygen atoms in total. The number of esters is 2. The average molecular weight is 676 g/mol. The number of piperidine rings is 1. The van der Waals surface area contributed by atoms with Crippen LogP contribution in [0, 0.1) is 5.92 Å². The monoisotopic (exact) mass is 675 g/mol. The number of benzene rings is 3. The van der Waals surface area contributed by atoms with Gasteiger partial charge in [-0.25, -0.2) is 0 Å². The van der Waals surface area contributed by atoms with Gasteiger partial charge in [0.05, 0.1) is 23.9 Å². The Balaban J connectivity index is 0.860. The van der Waals surface area contributed by atoms with E-state index in [1.54, 1.807) is 6.07 Å². The van der Waals surface area contributed by atoms with Crippen LogP contribution in [0.2, 0.25) is 0 Å². The number of ketones is 1. The molecule has 4 atom stereocenters. The van der Waals surface area contributed by atoms with E-state index in [0.717, 1.165) is 49.9 Å². The van der Waals surface area contributed by atoms with Gasteiger partial charge in [-0.15, -0.1) is 0 Å². The molecule has 0 radical (unpaired) electrons. The Morgan fingerprint density at radius 3 is 2.20 bits per heavy atom. The zero-order chi connectivity index (χ0) is 34.1. The van der Waals surface area contributed by atoms with Crippen molar-refractivity contribution in [1.82, 2.24) is 4.90 Å². The van der Waals surface area contributed by atoms with Crippen molar-refractivity contribution in [3.8, 4) is 11.5 Å². The summed E-state index contributed by atoms with van der Waals surface area (Å²) in [6.45, 7) is 1.80. The van der Waals surface area contributed by atoms with E-state index in [0.29, 0.717) is 30.9 Å². The number of nitrogens with zero attached hydrogens (tertiary/aromatic N) is 1. The Morgan fingerprint density at radius 2 is 1.52 bits per heavy atom. The number of likely N-dealkylation sites (tertiary alicyclic amines) is 1. The third-order valence-electron chi connectivity index (χ3n) is 13.0. The Morgan fingerprint density at radius 1 is 0.840 bits per heavy atom. The fourth-order valence-corrected chi connectivity index (χ4v) is 10.4. The summed E-state index contributed by atoms with van der Waals surface area (Å²) >= 11 is 0. The highest BCUT2D eigenvalue weighted by Gasteiger charge is 2.73. The van der Waals surface area contributed by atoms with Crippen molar-refractivity contribution >= 4 is 17.7 Å². The van der Waals surface area contributed by atoms with E-state index in [-0.39, 0.29) is 48.4 Å². The number of hydrogen-bond acceptors (Lipinski definition) is 8. The average Bonchev–Trinajstić information content (AvgIpc) is 3.89. The lowest BCUT2D eigenvalue weighted by Gasteiger charge is -2.62. The minimum atomic E-state index is -1.08. The van der Waals surface area contributed by atoms with Gasteiger partial charge >= 0.3 is 11.9 Å². The highest BCUT2D eigenvalue weighted by atomic mass is 16.6. The third kappa shape index (κ3) is 4.96. The van der Waals surface area contributed by atoms with Gasteiger partial charge in [0.1, 0.15) is 6.10 Å². The minimum Gasteiger partial charge on any atom is -0.477 e. The standard InChI is InChI=1S/C42H45NO7/c44-32-19-22-42(47)34-25-28-13-14-33(38-37(28)41(42,39(32)50-38)23-24-43(34)26-27-11-12-27)49-36(46)16-15-35(45)48-31-17-20-40(21-18-31,29-7-3-1-4-8-29)30-9-5-2-6-10-30/h1-10,13-14,27,31,34,39,47H,11-12,15-26H2/t34-,39+,41+,42-/m1/s1. The van der Waals surface area contributed by atoms with E-state index in [9.17, 15) is 19.5 Å². The first-order valence-electron chi connectivity index (χ1n) is 18.6. The molecule has 2 bridgehead atoms. The summed E-state index contributed by atoms with van der Waals surface area (Å²) in [5, 5.41) is 12.5. The second kappa shape index (κ2) is 12.1. The number of rotatable bonds is 9. The van der Waals surface area contributed by atoms with Crippen molar-refractivity contribution in [2.75, 3.05) is 13.1 Å². The Hall–Kier alpha value is -4.01. The number of aliphatic hydroxyl groups is 1. The Bertz CT molecular complexity index is 1770. The van der Waals surface area contributed by atoms with Crippen molar-refractivity contribution < 1.29 is 33.7 Å². The largest absolute Gasteiger partial charge is 0.477 e. The SMILES string of the molecule is O=C(CCC(=O)OC1CCC(c2ccccc2)(c2ccccc2)CC1)Oc1ccc2c3c1O[C@H]1C(=O)CC[C@@]4(O)[C@@H](C2)N(CC2CC2)CC[C@]314. The minimum absolute atomic E-state index is 0.000584. The molecule has 2 heterocycles. The molecule has 3 saturated carbocycles. The molecule has 2 aliphatic heterocycles. The first kappa shape index (κ1) is 31.9. The number of carbonyl (C=O) groups excluding carboxylic acids is 3. The van der Waals surface area contributed by atoms with Crippen molar-refractivity contribution in [3.63, 3.8) is 0 Å². The smallest absolute Gasteiger partial charge is 0.311 e. The lowest BCUT2D eigenvalue weighted by atomic mass is 9.49. The maximum absolute atomic E-state index is 13.4. The molecule has 6 aliphatic rings. The zero-order valence-corrected chi connectivity index (χ0v) is 28.5. The number of carbonyl (C=O) groups is 3. The van der Waals surface area contributed by atoms with Crippen LogP contribution < -0.4 is 9.47 Å². The van der Waals surface area contributed by atoms with E-state index >= 15 is 0 Å². The summed E-state index contributed by atoms with van der Waals surface area (Å²) in [5.74, 6) is 0.403. The quantitative estimate of drug-likeness (QED) is 0.219. The summed E-state index contributed by atoms with van der Waals surface area (Å²) < 4.78 is 18.2. The molecular weight excluding hydrogens is 630 g/mol. The van der Waals surface area contributed by atoms with Crippen LogP contribution in [0.4, 0.5) is 0 Å². The predicted octanol–water partition coefficient (Wildman–Crippen LogP) is 5.98. The van der Waals surface area contributed by atoms with Gasteiger partial charge < -0.3 is 19.3 Å². The van der Waals surface area contributed by atoms with E-state index in [1.807, 2.05) is 18.2 Å². The first-order chi connectivity index (χ1) is 24.3. The summed E-state index contributed by atoms with van der Waals surface area (Å²) in [7, 11) is 0. The van der Waals surface area contributed by atoms with Gasteiger partial charge in [0.15, 0.2) is 23.4 Å². The maximum Gasteiger partial charge on any atom is 0.311 e. The van der Waals surface area contributed by atoms with Crippen LogP contribution in [0.5, 0.6) is 11.5 Å². The molecule has 1 saturated heterocycles. The van der Waals surface area contributed by atoms with Crippen molar-refractivity contribution in [2.45, 2.75) is 112 Å². The molecule has 50 heavy (non-hydrogen) atoms. The molecule has 9 rings (SSSR count). The number of Topliss-reactive ketones (excluding diaryl/α,β-unsaturated/α-hetero) is 1. The van der Waals surface area contributed by atoms with Gasteiger partial charge in [-0.1, -0.05) is 66.7 Å². The number of hydrogen-bond donors (Lipinski definition) is 1. The molecule has 3 aromatic carbocycles. The van der Waals surface area contributed by atoms with Crippen LogP contribution in [-0.2, 0) is 36.4 Å². The molecule has 0 unspecified atom stereocenters. The van der Waals surface area contributed by atoms with Crippen LogP contribution in [0.3, 0.4) is 0 Å². The fraction of sp³-hybridized carbons (Fsp3) is 0.500. The van der Waals surface area contributed by atoms with Crippen molar-refractivity contribution in [2.24, 2.45) is 5.92 Å². The summed E-state index contributed by atoms with van der Waals surface area (Å²) in [4.78, 5) is 42.0. The van der Waals surface area contributed by atoms with Crippen LogP contribution >= 0.6 is 0 Å². The van der Waals surface area contributed by atoms with Gasteiger partial charge in [0, 0.05) is 30.0 Å². The van der Waals surface area contributed by atoms with Gasteiger partial charge in [-0.05, 0) is 93.0 Å². The predicted molar refractivity (Wildman–Crippen MR) is 185 cm³/mol. The van der Waals surface area contributed by atoms with Gasteiger partial charge in [0.25, 0.3) is 0 Å². The number of ether oxygens (including phenoxy) is 3. The second-order valence-electron chi connectivity index (χ2n) is 15.7. The molecule has 4 fully saturated rings.